The average Bonchev–Trinajstić information content (AvgIpc) is 2.34. The lowest BCUT2D eigenvalue weighted by Crippen LogP contribution is -2.49. The van der Waals surface area contributed by atoms with Crippen LogP contribution in [0.25, 0.3) is 6.08 Å². The molecular weight excluding hydrogens is 224 g/mol. The largest absolute Gasteiger partial charge is 0.444 e. The lowest BCUT2D eigenvalue weighted by molar-refractivity contribution is -0.192. The third-order valence-electron chi connectivity index (χ3n) is 2.05. The number of rotatable bonds is 2. The molecule has 0 saturated carbocycles. The van der Waals surface area contributed by atoms with E-state index in [1.165, 1.54) is 0 Å². The van der Waals surface area contributed by atoms with Crippen molar-refractivity contribution in [1.82, 2.24) is 5.59 Å². The minimum atomic E-state index is -1.08. The Morgan fingerprint density at radius 3 is 2.47 bits per heavy atom. The number of nitrogens with zero attached hydrogens (tertiary/aromatic N) is 1. The topological polar surface area (TPSA) is 67.9 Å². The molecule has 2 rings (SSSR count). The SMILES string of the molecule is C/C=C/c1ccc(N2NOC(=O)C(=O)O2)cc1. The molecule has 1 fully saturated rings. The molecule has 1 saturated heterocycles. The number of carbonyl (C=O) groups is 2. The highest BCUT2D eigenvalue weighted by Gasteiger charge is 2.29. The Kier molecular flexibility index (Phi) is 3.06. The van der Waals surface area contributed by atoms with Crippen LogP contribution in [0.1, 0.15) is 12.5 Å². The molecule has 88 valence electrons. The van der Waals surface area contributed by atoms with E-state index in [-0.39, 0.29) is 0 Å². The lowest BCUT2D eigenvalue weighted by Gasteiger charge is -2.25. The molecule has 0 aliphatic carbocycles. The first-order chi connectivity index (χ1) is 8.20. The summed E-state index contributed by atoms with van der Waals surface area (Å²) in [6, 6.07) is 7.10. The Bertz CT molecular complexity index is 467. The van der Waals surface area contributed by atoms with Gasteiger partial charge in [0.25, 0.3) is 0 Å². The molecule has 0 unspecified atom stereocenters. The van der Waals surface area contributed by atoms with E-state index in [0.717, 1.165) is 10.7 Å². The van der Waals surface area contributed by atoms with Gasteiger partial charge < -0.3 is 9.68 Å². The number of benzene rings is 1. The van der Waals surface area contributed by atoms with Gasteiger partial charge in [0.2, 0.25) is 0 Å². The van der Waals surface area contributed by atoms with E-state index >= 15 is 0 Å². The fourth-order valence-corrected chi connectivity index (χ4v) is 1.28. The Morgan fingerprint density at radius 1 is 1.18 bits per heavy atom. The highest BCUT2D eigenvalue weighted by Crippen LogP contribution is 2.16. The van der Waals surface area contributed by atoms with Crippen LogP contribution in [0.4, 0.5) is 5.69 Å². The van der Waals surface area contributed by atoms with Crippen LogP contribution in [-0.4, -0.2) is 11.9 Å². The van der Waals surface area contributed by atoms with E-state index in [1.807, 2.05) is 31.2 Å². The third-order valence-corrected chi connectivity index (χ3v) is 2.05. The molecule has 6 heteroatoms. The van der Waals surface area contributed by atoms with Gasteiger partial charge in [-0.1, -0.05) is 24.3 Å². The maximum Gasteiger partial charge on any atom is 0.444 e. The number of hydrogen-bond donors (Lipinski definition) is 1. The second-order valence-electron chi connectivity index (χ2n) is 3.25. The van der Waals surface area contributed by atoms with E-state index in [9.17, 15) is 9.59 Å². The van der Waals surface area contributed by atoms with E-state index < -0.39 is 11.9 Å². The summed E-state index contributed by atoms with van der Waals surface area (Å²) in [6.45, 7) is 1.92. The van der Waals surface area contributed by atoms with Crippen molar-refractivity contribution in [3.8, 4) is 0 Å². The molecule has 1 aromatic carbocycles. The zero-order valence-electron chi connectivity index (χ0n) is 9.04. The molecule has 6 nitrogen and oxygen atoms in total. The molecule has 1 aliphatic rings. The molecule has 0 spiro atoms. The van der Waals surface area contributed by atoms with Crippen LogP contribution in [0.2, 0.25) is 0 Å². The highest BCUT2D eigenvalue weighted by atomic mass is 16.9. The van der Waals surface area contributed by atoms with Crippen LogP contribution in [0, 0.1) is 0 Å². The Balaban J connectivity index is 2.12. The van der Waals surface area contributed by atoms with Crippen molar-refractivity contribution < 1.29 is 19.3 Å². The zero-order chi connectivity index (χ0) is 12.3. The summed E-state index contributed by atoms with van der Waals surface area (Å²) in [4.78, 5) is 30.7. The number of hydrazine groups is 1. The van der Waals surface area contributed by atoms with Gasteiger partial charge in [0.15, 0.2) is 0 Å². The van der Waals surface area contributed by atoms with Gasteiger partial charge in [-0.2, -0.15) is 0 Å². The first-order valence-corrected chi connectivity index (χ1v) is 4.92. The Morgan fingerprint density at radius 2 is 1.88 bits per heavy atom. The summed E-state index contributed by atoms with van der Waals surface area (Å²) < 4.78 is 0. The highest BCUT2D eigenvalue weighted by molar-refractivity contribution is 6.30. The monoisotopic (exact) mass is 234 g/mol. The summed E-state index contributed by atoms with van der Waals surface area (Å²) in [6.07, 6.45) is 3.84. The van der Waals surface area contributed by atoms with Crippen LogP contribution in [0.5, 0.6) is 0 Å². The lowest BCUT2D eigenvalue weighted by atomic mass is 10.2. The normalized spacial score (nSPS) is 15.9. The Labute approximate surface area is 97.3 Å². The summed E-state index contributed by atoms with van der Waals surface area (Å²) in [5.41, 5.74) is 3.74. The molecule has 1 N–H and O–H groups in total. The molecule has 0 radical (unpaired) electrons. The summed E-state index contributed by atoms with van der Waals surface area (Å²) in [7, 11) is 0. The van der Waals surface area contributed by atoms with E-state index in [0.29, 0.717) is 5.69 Å². The third kappa shape index (κ3) is 2.43. The fraction of sp³-hybridized carbons (Fsp3) is 0.0909. The molecule has 1 aromatic rings. The maximum atomic E-state index is 11.0. The predicted molar refractivity (Wildman–Crippen MR) is 58.9 cm³/mol. The number of allylic oxidation sites excluding steroid dienone is 1. The van der Waals surface area contributed by atoms with Gasteiger partial charge in [0, 0.05) is 0 Å². The quantitative estimate of drug-likeness (QED) is 0.769. The van der Waals surface area contributed by atoms with Gasteiger partial charge >= 0.3 is 11.9 Å². The van der Waals surface area contributed by atoms with E-state index in [1.54, 1.807) is 12.1 Å². The van der Waals surface area contributed by atoms with Gasteiger partial charge in [-0.15, -0.1) is 5.17 Å². The van der Waals surface area contributed by atoms with Gasteiger partial charge in [0.05, 0.1) is 5.69 Å². The van der Waals surface area contributed by atoms with E-state index in [2.05, 4.69) is 15.3 Å². The van der Waals surface area contributed by atoms with Gasteiger partial charge in [-0.3, -0.25) is 0 Å². The molecular formula is C11H10N2O4. The van der Waals surface area contributed by atoms with Gasteiger partial charge in [0.1, 0.15) is 0 Å². The zero-order valence-corrected chi connectivity index (χ0v) is 9.04. The first kappa shape index (κ1) is 11.2. The number of carbonyl (C=O) groups excluding carboxylic acids is 2. The number of hydrogen-bond acceptors (Lipinski definition) is 6. The second kappa shape index (κ2) is 4.67. The van der Waals surface area contributed by atoms with Crippen molar-refractivity contribution in [3.05, 3.63) is 35.9 Å². The Hall–Kier alpha value is -2.34. The van der Waals surface area contributed by atoms with Crippen molar-refractivity contribution in [2.45, 2.75) is 6.92 Å². The van der Waals surface area contributed by atoms with Crippen LogP contribution < -0.4 is 10.8 Å². The second-order valence-corrected chi connectivity index (χ2v) is 3.25. The average molecular weight is 234 g/mol. The van der Waals surface area contributed by atoms with Crippen LogP contribution >= 0.6 is 0 Å². The molecule has 0 bridgehead atoms. The molecule has 1 heterocycles. The van der Waals surface area contributed by atoms with Gasteiger partial charge in [-0.05, 0) is 30.2 Å². The van der Waals surface area contributed by atoms with Crippen molar-refractivity contribution in [3.63, 3.8) is 0 Å². The number of nitrogens with one attached hydrogen (secondary N) is 1. The van der Waals surface area contributed by atoms with Crippen LogP contribution in [0.3, 0.4) is 0 Å². The van der Waals surface area contributed by atoms with Crippen LogP contribution in [-0.2, 0) is 19.3 Å². The summed E-state index contributed by atoms with van der Waals surface area (Å²) in [5.74, 6) is -2.15. The van der Waals surface area contributed by atoms with Crippen molar-refractivity contribution in [1.29, 1.82) is 0 Å². The van der Waals surface area contributed by atoms with Gasteiger partial charge in [-0.25, -0.2) is 9.59 Å². The van der Waals surface area contributed by atoms with Crippen molar-refractivity contribution >= 4 is 23.7 Å². The number of anilines is 1. The first-order valence-electron chi connectivity index (χ1n) is 4.92. The molecule has 0 aromatic heterocycles. The minimum Gasteiger partial charge on any atom is -0.338 e. The molecule has 0 atom stereocenters. The predicted octanol–water partition coefficient (Wildman–Crippen LogP) is 0.961. The van der Waals surface area contributed by atoms with E-state index in [4.69, 9.17) is 0 Å². The minimum absolute atomic E-state index is 0.541. The summed E-state index contributed by atoms with van der Waals surface area (Å²) >= 11 is 0. The standard InChI is InChI=1S/C11H10N2O4/c1-2-3-8-4-6-9(7-5-8)13-12-16-10(14)11(15)17-13/h2-7,12H,1H3/b3-2+. The molecule has 0 amide bonds. The maximum absolute atomic E-state index is 11.0. The molecule has 17 heavy (non-hydrogen) atoms. The van der Waals surface area contributed by atoms with Crippen molar-refractivity contribution in [2.75, 3.05) is 5.17 Å². The van der Waals surface area contributed by atoms with Crippen LogP contribution in [0.15, 0.2) is 30.3 Å². The smallest absolute Gasteiger partial charge is 0.338 e. The molecule has 1 aliphatic heterocycles. The summed E-state index contributed by atoms with van der Waals surface area (Å²) in [5, 5.41) is 0.975. The fourth-order valence-electron chi connectivity index (χ4n) is 1.28. The van der Waals surface area contributed by atoms with Crippen molar-refractivity contribution in [2.24, 2.45) is 0 Å².